The molecule has 0 radical (unpaired) electrons. The normalized spacial score (nSPS) is 23.7. The quantitative estimate of drug-likeness (QED) is 0.897. The van der Waals surface area contributed by atoms with Crippen LogP contribution >= 0.6 is 11.6 Å². The van der Waals surface area contributed by atoms with Gasteiger partial charge in [-0.25, -0.2) is 4.39 Å². The predicted molar refractivity (Wildman–Crippen MR) is 72.2 cm³/mol. The number of halogens is 2. The molecule has 1 atom stereocenters. The van der Waals surface area contributed by atoms with Gasteiger partial charge >= 0.3 is 0 Å². The summed E-state index contributed by atoms with van der Waals surface area (Å²) in [5, 5.41) is 0.128. The lowest BCUT2D eigenvalue weighted by molar-refractivity contribution is 0.185. The minimum atomic E-state index is -0.410. The summed E-state index contributed by atoms with van der Waals surface area (Å²) in [6, 6.07) is 4.99. The van der Waals surface area contributed by atoms with Crippen molar-refractivity contribution < 1.29 is 4.39 Å². The van der Waals surface area contributed by atoms with Crippen LogP contribution in [0, 0.1) is 5.82 Å². The summed E-state index contributed by atoms with van der Waals surface area (Å²) in [6.07, 6.45) is 0. The number of hydrogen-bond donors (Lipinski definition) is 1. The molecule has 0 saturated heterocycles. The van der Waals surface area contributed by atoms with Crippen LogP contribution in [0.1, 0.15) is 26.3 Å². The van der Waals surface area contributed by atoms with E-state index in [1.54, 1.807) is 12.1 Å². The van der Waals surface area contributed by atoms with Crippen molar-refractivity contribution >= 4 is 17.6 Å². The average molecular weight is 270 g/mol. The largest absolute Gasteiger partial charge is 0.370 e. The van der Waals surface area contributed by atoms with E-state index in [1.807, 2.05) is 11.8 Å². The van der Waals surface area contributed by atoms with E-state index >= 15 is 0 Å². The molecule has 0 fully saturated rings. The van der Waals surface area contributed by atoms with E-state index in [2.05, 4.69) is 18.8 Å². The van der Waals surface area contributed by atoms with Crippen LogP contribution in [0.2, 0.25) is 5.02 Å². The summed E-state index contributed by atoms with van der Waals surface area (Å²) in [5.41, 5.74) is 6.49. The number of nitrogens with zero attached hydrogens (tertiary/aromatic N) is 2. The Labute approximate surface area is 111 Å². The molecule has 5 heteroatoms. The molecule has 2 N–H and O–H groups in total. The summed E-state index contributed by atoms with van der Waals surface area (Å²) in [5.74, 6) is 0.111. The highest BCUT2D eigenvalue weighted by molar-refractivity contribution is 6.30. The van der Waals surface area contributed by atoms with E-state index in [0.29, 0.717) is 12.5 Å². The number of aliphatic imine (C=N–C) groups is 1. The summed E-state index contributed by atoms with van der Waals surface area (Å²) in [7, 11) is 0. The minimum absolute atomic E-state index is 0.128. The van der Waals surface area contributed by atoms with Crippen LogP contribution in [-0.4, -0.2) is 23.4 Å². The number of benzene rings is 1. The lowest BCUT2D eigenvalue weighted by Gasteiger charge is -2.39. The van der Waals surface area contributed by atoms with E-state index in [1.165, 1.54) is 6.07 Å². The maximum absolute atomic E-state index is 13.2. The molecule has 1 aromatic rings. The van der Waals surface area contributed by atoms with E-state index in [0.717, 1.165) is 5.56 Å². The molecule has 0 saturated carbocycles. The van der Waals surface area contributed by atoms with E-state index in [-0.39, 0.29) is 16.6 Å². The predicted octanol–water partition coefficient (Wildman–Crippen LogP) is 2.73. The van der Waals surface area contributed by atoms with Gasteiger partial charge in [0.05, 0.1) is 17.1 Å². The summed E-state index contributed by atoms with van der Waals surface area (Å²) >= 11 is 5.86. The van der Waals surface area contributed by atoms with Gasteiger partial charge in [0.2, 0.25) is 0 Å². The molecule has 2 rings (SSSR count). The topological polar surface area (TPSA) is 41.6 Å². The zero-order valence-corrected chi connectivity index (χ0v) is 11.5. The molecule has 0 spiro atoms. The summed E-state index contributed by atoms with van der Waals surface area (Å²) < 4.78 is 13.2. The molecule has 1 heterocycles. The monoisotopic (exact) mass is 269 g/mol. The number of rotatable bonds is 2. The van der Waals surface area contributed by atoms with Gasteiger partial charge in [-0.2, -0.15) is 0 Å². The fourth-order valence-electron chi connectivity index (χ4n) is 2.54. The number of nitrogens with two attached hydrogens (primary N) is 1. The third kappa shape index (κ3) is 1.94. The maximum atomic E-state index is 13.2. The van der Waals surface area contributed by atoms with Crippen molar-refractivity contribution in [3.8, 4) is 0 Å². The Bertz CT molecular complexity index is 501. The van der Waals surface area contributed by atoms with Crippen LogP contribution < -0.4 is 5.73 Å². The second kappa shape index (κ2) is 4.43. The van der Waals surface area contributed by atoms with Gasteiger partial charge < -0.3 is 10.6 Å². The fraction of sp³-hybridized carbons (Fsp3) is 0.462. The zero-order valence-electron chi connectivity index (χ0n) is 10.7. The van der Waals surface area contributed by atoms with E-state index < -0.39 is 5.82 Å². The first-order valence-electron chi connectivity index (χ1n) is 5.91. The van der Waals surface area contributed by atoms with E-state index in [4.69, 9.17) is 17.3 Å². The molecule has 18 heavy (non-hydrogen) atoms. The van der Waals surface area contributed by atoms with Crippen molar-refractivity contribution in [3.05, 3.63) is 34.6 Å². The number of guanidine groups is 1. The van der Waals surface area contributed by atoms with Crippen LogP contribution in [-0.2, 0) is 5.54 Å². The first kappa shape index (κ1) is 13.1. The Hall–Kier alpha value is -1.29. The highest BCUT2D eigenvalue weighted by atomic mass is 35.5. The highest BCUT2D eigenvalue weighted by Gasteiger charge is 2.41. The molecule has 0 aromatic heterocycles. The van der Waals surface area contributed by atoms with Gasteiger partial charge in [-0.3, -0.25) is 4.99 Å². The van der Waals surface area contributed by atoms with Gasteiger partial charge in [-0.15, -0.1) is 0 Å². The Morgan fingerprint density at radius 2 is 2.17 bits per heavy atom. The van der Waals surface area contributed by atoms with Crippen LogP contribution in [0.15, 0.2) is 23.2 Å². The highest BCUT2D eigenvalue weighted by Crippen LogP contribution is 2.35. The molecule has 0 aliphatic carbocycles. The second-order valence-corrected chi connectivity index (χ2v) is 5.45. The number of hydrogen-bond acceptors (Lipinski definition) is 3. The SMILES string of the molecule is CC(C)N1C(N)=NCC1(C)c1ccc(F)c(Cl)c1. The van der Waals surface area contributed by atoms with Gasteiger partial charge in [0.1, 0.15) is 5.82 Å². The molecule has 1 unspecified atom stereocenters. The van der Waals surface area contributed by atoms with Crippen LogP contribution in [0.4, 0.5) is 4.39 Å². The van der Waals surface area contributed by atoms with Crippen LogP contribution in [0.3, 0.4) is 0 Å². The zero-order chi connectivity index (χ0) is 13.5. The van der Waals surface area contributed by atoms with Gasteiger partial charge in [-0.05, 0) is 38.5 Å². The van der Waals surface area contributed by atoms with Crippen LogP contribution in [0.5, 0.6) is 0 Å². The molecule has 1 aliphatic heterocycles. The third-order valence-electron chi connectivity index (χ3n) is 3.39. The first-order valence-corrected chi connectivity index (χ1v) is 6.29. The standard InChI is InChI=1S/C13H17ClFN3/c1-8(2)18-12(16)17-7-13(18,3)9-4-5-11(15)10(14)6-9/h4-6,8H,7H2,1-3H3,(H2,16,17). The molecule has 3 nitrogen and oxygen atoms in total. The molecule has 0 amide bonds. The Morgan fingerprint density at radius 3 is 2.72 bits per heavy atom. The Kier molecular flexibility index (Phi) is 3.23. The first-order chi connectivity index (χ1) is 8.36. The van der Waals surface area contributed by atoms with Gasteiger partial charge in [0, 0.05) is 6.04 Å². The third-order valence-corrected chi connectivity index (χ3v) is 3.67. The minimum Gasteiger partial charge on any atom is -0.370 e. The molecular weight excluding hydrogens is 253 g/mol. The van der Waals surface area contributed by atoms with Crippen molar-refractivity contribution in [2.75, 3.05) is 6.54 Å². The summed E-state index contributed by atoms with van der Waals surface area (Å²) in [4.78, 5) is 6.34. The van der Waals surface area contributed by atoms with Gasteiger partial charge in [-0.1, -0.05) is 17.7 Å². The van der Waals surface area contributed by atoms with Gasteiger partial charge in [0.15, 0.2) is 5.96 Å². The maximum Gasteiger partial charge on any atom is 0.192 e. The lowest BCUT2D eigenvalue weighted by atomic mass is 9.90. The molecule has 0 bridgehead atoms. The molecule has 1 aliphatic rings. The smallest absolute Gasteiger partial charge is 0.192 e. The fourth-order valence-corrected chi connectivity index (χ4v) is 2.72. The van der Waals surface area contributed by atoms with Crippen molar-refractivity contribution in [2.45, 2.75) is 32.4 Å². The van der Waals surface area contributed by atoms with Crippen molar-refractivity contribution in [1.82, 2.24) is 4.90 Å². The van der Waals surface area contributed by atoms with Crippen LogP contribution in [0.25, 0.3) is 0 Å². The second-order valence-electron chi connectivity index (χ2n) is 5.04. The average Bonchev–Trinajstić information content (AvgIpc) is 2.59. The van der Waals surface area contributed by atoms with Crippen molar-refractivity contribution in [2.24, 2.45) is 10.7 Å². The molecule has 98 valence electrons. The molecular formula is C13H17ClFN3. The Balaban J connectivity index is 2.45. The lowest BCUT2D eigenvalue weighted by Crippen LogP contribution is -2.51. The van der Waals surface area contributed by atoms with E-state index in [9.17, 15) is 4.39 Å². The molecule has 1 aromatic carbocycles. The van der Waals surface area contributed by atoms with Crippen molar-refractivity contribution in [1.29, 1.82) is 0 Å². The Morgan fingerprint density at radius 1 is 1.50 bits per heavy atom. The van der Waals surface area contributed by atoms with Crippen molar-refractivity contribution in [3.63, 3.8) is 0 Å². The summed E-state index contributed by atoms with van der Waals surface area (Å²) in [6.45, 7) is 6.70. The van der Waals surface area contributed by atoms with Gasteiger partial charge in [0.25, 0.3) is 0 Å².